The lowest BCUT2D eigenvalue weighted by molar-refractivity contribution is 0.877. The first-order valence-corrected chi connectivity index (χ1v) is 8.55. The summed E-state index contributed by atoms with van der Waals surface area (Å²) in [6.07, 6.45) is 5.97. The van der Waals surface area contributed by atoms with E-state index in [0.717, 1.165) is 46.1 Å². The number of benzene rings is 1. The standard InChI is InChI=1S/C20H25ClN2/c1-6-8-9-16(18(21)7-2)20-17-12-13(3)10-11-19(17)22-14(4)15(5)23-20/h8-12,15,22H,4,6-7H2,1-3,5H3/b9-8-,18-16-. The minimum Gasteiger partial charge on any atom is -0.357 e. The fraction of sp³-hybridized carbons (Fsp3) is 0.350. The first-order valence-electron chi connectivity index (χ1n) is 8.18. The number of anilines is 1. The lowest BCUT2D eigenvalue weighted by Crippen LogP contribution is -2.10. The summed E-state index contributed by atoms with van der Waals surface area (Å²) in [5, 5.41) is 4.23. The number of aliphatic imine (C=N–C) groups is 1. The van der Waals surface area contributed by atoms with Crippen LogP contribution in [0.25, 0.3) is 0 Å². The van der Waals surface area contributed by atoms with E-state index in [2.05, 4.69) is 69.9 Å². The molecule has 0 fully saturated rings. The Morgan fingerprint density at radius 3 is 2.78 bits per heavy atom. The molecule has 1 unspecified atom stereocenters. The number of halogens is 1. The van der Waals surface area contributed by atoms with Crippen molar-refractivity contribution in [3.8, 4) is 0 Å². The molecular formula is C20H25ClN2. The average molecular weight is 329 g/mol. The molecule has 3 heteroatoms. The highest BCUT2D eigenvalue weighted by Crippen LogP contribution is 2.30. The van der Waals surface area contributed by atoms with Gasteiger partial charge in [-0.15, -0.1) is 0 Å². The molecule has 0 radical (unpaired) electrons. The molecule has 0 aromatic heterocycles. The van der Waals surface area contributed by atoms with Gasteiger partial charge in [0.05, 0.1) is 11.8 Å². The molecule has 0 saturated carbocycles. The van der Waals surface area contributed by atoms with Gasteiger partial charge in [-0.25, -0.2) is 0 Å². The molecule has 23 heavy (non-hydrogen) atoms. The van der Waals surface area contributed by atoms with Gasteiger partial charge in [0.15, 0.2) is 0 Å². The molecule has 2 rings (SSSR count). The van der Waals surface area contributed by atoms with Gasteiger partial charge in [0.25, 0.3) is 0 Å². The molecule has 0 spiro atoms. The fourth-order valence-corrected chi connectivity index (χ4v) is 2.67. The van der Waals surface area contributed by atoms with Crippen LogP contribution >= 0.6 is 11.6 Å². The van der Waals surface area contributed by atoms with Crippen molar-refractivity contribution in [3.63, 3.8) is 0 Å². The fourth-order valence-electron chi connectivity index (χ4n) is 2.52. The third-order valence-corrected chi connectivity index (χ3v) is 4.40. The van der Waals surface area contributed by atoms with Crippen LogP contribution in [0, 0.1) is 6.92 Å². The third-order valence-electron chi connectivity index (χ3n) is 3.93. The lowest BCUT2D eigenvalue weighted by Gasteiger charge is -2.13. The zero-order valence-electron chi connectivity index (χ0n) is 14.4. The van der Waals surface area contributed by atoms with Crippen LogP contribution in [0.5, 0.6) is 0 Å². The SMILES string of the molecule is C=C1Nc2ccc(C)cc2C(C(/C=C\CC)=C(\Cl)CC)=NC1C. The van der Waals surface area contributed by atoms with Crippen molar-refractivity contribution in [1.82, 2.24) is 0 Å². The Kier molecular flexibility index (Phi) is 5.84. The highest BCUT2D eigenvalue weighted by molar-refractivity contribution is 6.34. The molecular weight excluding hydrogens is 304 g/mol. The maximum absolute atomic E-state index is 6.55. The minimum atomic E-state index is -0.0101. The van der Waals surface area contributed by atoms with E-state index in [1.165, 1.54) is 5.56 Å². The van der Waals surface area contributed by atoms with Crippen LogP contribution < -0.4 is 5.32 Å². The van der Waals surface area contributed by atoms with Crippen molar-refractivity contribution in [2.75, 3.05) is 5.32 Å². The van der Waals surface area contributed by atoms with Crippen molar-refractivity contribution in [2.24, 2.45) is 4.99 Å². The minimum absolute atomic E-state index is 0.0101. The van der Waals surface area contributed by atoms with E-state index in [1.54, 1.807) is 0 Å². The molecule has 0 bridgehead atoms. The average Bonchev–Trinajstić information content (AvgIpc) is 2.65. The van der Waals surface area contributed by atoms with Crippen molar-refractivity contribution >= 4 is 23.0 Å². The number of rotatable bonds is 4. The predicted molar refractivity (Wildman–Crippen MR) is 103 cm³/mol. The summed E-state index contributed by atoms with van der Waals surface area (Å²) in [5.41, 5.74) is 6.16. The molecule has 1 aromatic rings. The van der Waals surface area contributed by atoms with Crippen molar-refractivity contribution in [1.29, 1.82) is 0 Å². The van der Waals surface area contributed by atoms with Crippen LogP contribution in [0.3, 0.4) is 0 Å². The van der Waals surface area contributed by atoms with Gasteiger partial charge < -0.3 is 5.32 Å². The number of nitrogens with zero attached hydrogens (tertiary/aromatic N) is 1. The number of allylic oxidation sites excluding steroid dienone is 4. The van der Waals surface area contributed by atoms with Crippen LogP contribution in [0.2, 0.25) is 0 Å². The predicted octanol–water partition coefficient (Wildman–Crippen LogP) is 5.98. The molecule has 1 N–H and O–H groups in total. The van der Waals surface area contributed by atoms with Crippen LogP contribution in [-0.4, -0.2) is 11.8 Å². The van der Waals surface area contributed by atoms with Gasteiger partial charge in [-0.1, -0.05) is 55.8 Å². The van der Waals surface area contributed by atoms with E-state index in [4.69, 9.17) is 16.6 Å². The largest absolute Gasteiger partial charge is 0.357 e. The van der Waals surface area contributed by atoms with Gasteiger partial charge in [-0.05, 0) is 38.8 Å². The Morgan fingerprint density at radius 1 is 1.39 bits per heavy atom. The van der Waals surface area contributed by atoms with Crippen LogP contribution in [0.15, 0.2) is 58.2 Å². The molecule has 0 aliphatic carbocycles. The molecule has 0 amide bonds. The Morgan fingerprint density at radius 2 is 2.13 bits per heavy atom. The van der Waals surface area contributed by atoms with Gasteiger partial charge in [0, 0.05) is 27.6 Å². The molecule has 1 heterocycles. The maximum Gasteiger partial charge on any atom is 0.0871 e. The quantitative estimate of drug-likeness (QED) is 0.675. The molecule has 2 nitrogen and oxygen atoms in total. The normalized spacial score (nSPS) is 18.9. The zero-order chi connectivity index (χ0) is 17.0. The van der Waals surface area contributed by atoms with Gasteiger partial charge in [-0.2, -0.15) is 0 Å². The summed E-state index contributed by atoms with van der Waals surface area (Å²) < 4.78 is 0. The number of nitrogens with one attached hydrogen (secondary N) is 1. The third kappa shape index (κ3) is 3.94. The molecule has 122 valence electrons. The second-order valence-corrected chi connectivity index (χ2v) is 6.29. The Labute approximate surface area is 144 Å². The van der Waals surface area contributed by atoms with E-state index in [1.807, 2.05) is 0 Å². The van der Waals surface area contributed by atoms with E-state index in [9.17, 15) is 0 Å². The van der Waals surface area contributed by atoms with E-state index in [0.29, 0.717) is 0 Å². The first-order chi connectivity index (χ1) is 11.0. The summed E-state index contributed by atoms with van der Waals surface area (Å²) in [6.45, 7) is 12.4. The lowest BCUT2D eigenvalue weighted by atomic mass is 9.97. The van der Waals surface area contributed by atoms with Gasteiger partial charge in [-0.3, -0.25) is 4.99 Å². The van der Waals surface area contributed by atoms with Crippen molar-refractivity contribution in [2.45, 2.75) is 46.6 Å². The topological polar surface area (TPSA) is 24.4 Å². The second-order valence-electron chi connectivity index (χ2n) is 5.84. The molecule has 0 saturated heterocycles. The summed E-state index contributed by atoms with van der Waals surface area (Å²) in [6, 6.07) is 6.33. The Hall–Kier alpha value is -1.80. The summed E-state index contributed by atoms with van der Waals surface area (Å²) >= 11 is 6.55. The van der Waals surface area contributed by atoms with Crippen LogP contribution in [0.4, 0.5) is 5.69 Å². The van der Waals surface area contributed by atoms with Gasteiger partial charge in [0.2, 0.25) is 0 Å². The number of benzodiazepines with no additional fused rings is 1. The van der Waals surface area contributed by atoms with Crippen molar-refractivity contribution in [3.05, 3.63) is 64.4 Å². The van der Waals surface area contributed by atoms with Crippen LogP contribution in [-0.2, 0) is 0 Å². The van der Waals surface area contributed by atoms with E-state index in [-0.39, 0.29) is 6.04 Å². The Bertz CT molecular complexity index is 696. The van der Waals surface area contributed by atoms with E-state index < -0.39 is 0 Å². The number of fused-ring (bicyclic) bond motifs is 1. The Balaban J connectivity index is 2.71. The maximum atomic E-state index is 6.55. The number of hydrogen-bond donors (Lipinski definition) is 1. The number of aryl methyl sites for hydroxylation is 1. The second kappa shape index (κ2) is 7.65. The summed E-state index contributed by atoms with van der Waals surface area (Å²) in [7, 11) is 0. The van der Waals surface area contributed by atoms with Gasteiger partial charge >= 0.3 is 0 Å². The molecule has 1 aliphatic heterocycles. The zero-order valence-corrected chi connectivity index (χ0v) is 15.2. The highest BCUT2D eigenvalue weighted by Gasteiger charge is 2.21. The summed E-state index contributed by atoms with van der Waals surface area (Å²) in [5.74, 6) is 0. The van der Waals surface area contributed by atoms with E-state index >= 15 is 0 Å². The van der Waals surface area contributed by atoms with Crippen molar-refractivity contribution < 1.29 is 0 Å². The monoisotopic (exact) mass is 328 g/mol. The molecule has 1 aromatic carbocycles. The highest BCUT2D eigenvalue weighted by atomic mass is 35.5. The summed E-state index contributed by atoms with van der Waals surface area (Å²) in [4.78, 5) is 4.92. The first kappa shape index (κ1) is 17.6. The smallest absolute Gasteiger partial charge is 0.0871 e. The van der Waals surface area contributed by atoms with Gasteiger partial charge in [0.1, 0.15) is 0 Å². The van der Waals surface area contributed by atoms with Crippen LogP contribution in [0.1, 0.15) is 44.7 Å². The molecule has 1 aliphatic rings. The molecule has 1 atom stereocenters. The number of hydrogen-bond acceptors (Lipinski definition) is 2.